The molecule has 0 unspecified atom stereocenters. The van der Waals surface area contributed by atoms with Crippen LogP contribution in [0.1, 0.15) is 52.7 Å². The fourth-order valence-corrected chi connectivity index (χ4v) is 4.79. The molecule has 5 nitrogen and oxygen atoms in total. The Labute approximate surface area is 218 Å². The zero-order valence-corrected chi connectivity index (χ0v) is 22.7. The molecule has 0 spiro atoms. The van der Waals surface area contributed by atoms with Gasteiger partial charge in [-0.25, -0.2) is 0 Å². The van der Waals surface area contributed by atoms with Crippen LogP contribution in [0.3, 0.4) is 0 Å². The molecular formula is C30H34N4OS. The van der Waals surface area contributed by atoms with Crippen molar-refractivity contribution in [2.75, 3.05) is 11.1 Å². The third kappa shape index (κ3) is 5.88. The summed E-state index contributed by atoms with van der Waals surface area (Å²) in [6, 6.07) is 26.5. The zero-order valence-electron chi connectivity index (χ0n) is 21.9. The molecule has 36 heavy (non-hydrogen) atoms. The summed E-state index contributed by atoms with van der Waals surface area (Å²) in [5, 5.41) is 12.8. The van der Waals surface area contributed by atoms with Gasteiger partial charge in [-0.15, -0.1) is 10.2 Å². The minimum absolute atomic E-state index is 0.0675. The van der Waals surface area contributed by atoms with Crippen molar-refractivity contribution in [2.24, 2.45) is 0 Å². The third-order valence-electron chi connectivity index (χ3n) is 6.00. The number of thioether (sulfide) groups is 1. The van der Waals surface area contributed by atoms with Gasteiger partial charge in [0.2, 0.25) is 5.91 Å². The molecule has 0 bridgehead atoms. The molecule has 0 radical (unpaired) electrons. The summed E-state index contributed by atoms with van der Waals surface area (Å²) in [5.41, 5.74) is 5.16. The van der Waals surface area contributed by atoms with E-state index in [0.717, 1.165) is 28.3 Å². The predicted octanol–water partition coefficient (Wildman–Crippen LogP) is 7.26. The number of benzene rings is 3. The van der Waals surface area contributed by atoms with E-state index in [1.165, 1.54) is 17.3 Å². The van der Waals surface area contributed by atoms with Gasteiger partial charge < -0.3 is 5.32 Å². The number of hydrogen-bond donors (Lipinski definition) is 1. The van der Waals surface area contributed by atoms with E-state index in [9.17, 15) is 4.79 Å². The van der Waals surface area contributed by atoms with Gasteiger partial charge in [0.1, 0.15) is 0 Å². The number of hydrogen-bond acceptors (Lipinski definition) is 4. The Morgan fingerprint density at radius 2 is 1.44 bits per heavy atom. The highest BCUT2D eigenvalue weighted by Gasteiger charge is 2.21. The fourth-order valence-electron chi connectivity index (χ4n) is 4.04. The molecule has 186 valence electrons. The molecule has 1 N–H and O–H groups in total. The molecule has 1 aromatic heterocycles. The summed E-state index contributed by atoms with van der Waals surface area (Å²) in [5.74, 6) is 0.907. The van der Waals surface area contributed by atoms with E-state index >= 15 is 0 Å². The minimum atomic E-state index is -0.0737. The second-order valence-electron chi connectivity index (χ2n) is 10.9. The van der Waals surface area contributed by atoms with E-state index in [2.05, 4.69) is 87.4 Å². The second kappa shape index (κ2) is 10.3. The fraction of sp³-hybridized carbons (Fsp3) is 0.300. The molecule has 0 aliphatic rings. The Balaban J connectivity index is 1.59. The number of para-hydroxylation sites is 2. The first kappa shape index (κ1) is 25.7. The Bertz CT molecular complexity index is 1330. The molecule has 0 fully saturated rings. The van der Waals surface area contributed by atoms with E-state index in [-0.39, 0.29) is 22.5 Å². The Kier molecular flexibility index (Phi) is 7.36. The second-order valence-corrected chi connectivity index (χ2v) is 11.9. The lowest BCUT2D eigenvalue weighted by atomic mass is 9.86. The van der Waals surface area contributed by atoms with Gasteiger partial charge in [0.15, 0.2) is 11.0 Å². The van der Waals surface area contributed by atoms with Crippen LogP contribution in [-0.2, 0) is 15.6 Å². The summed E-state index contributed by atoms with van der Waals surface area (Å²) >= 11 is 1.38. The van der Waals surface area contributed by atoms with E-state index in [1.54, 1.807) is 0 Å². The van der Waals surface area contributed by atoms with Gasteiger partial charge in [-0.2, -0.15) is 0 Å². The van der Waals surface area contributed by atoms with Crippen LogP contribution in [0.5, 0.6) is 0 Å². The van der Waals surface area contributed by atoms with Crippen LogP contribution in [0.25, 0.3) is 17.1 Å². The number of amides is 1. The summed E-state index contributed by atoms with van der Waals surface area (Å²) in [4.78, 5) is 12.9. The van der Waals surface area contributed by atoms with E-state index < -0.39 is 0 Å². The van der Waals surface area contributed by atoms with E-state index in [0.29, 0.717) is 5.16 Å². The average Bonchev–Trinajstić information content (AvgIpc) is 3.26. The number of nitrogens with zero attached hydrogens (tertiary/aromatic N) is 3. The van der Waals surface area contributed by atoms with Gasteiger partial charge in [-0.05, 0) is 40.2 Å². The van der Waals surface area contributed by atoms with Gasteiger partial charge >= 0.3 is 0 Å². The van der Waals surface area contributed by atoms with Crippen LogP contribution in [0.4, 0.5) is 5.69 Å². The summed E-state index contributed by atoms with van der Waals surface area (Å²) < 4.78 is 2.02. The molecule has 6 heteroatoms. The number of aromatic nitrogens is 3. The van der Waals surface area contributed by atoms with Crippen LogP contribution < -0.4 is 5.32 Å². The highest BCUT2D eigenvalue weighted by Crippen LogP contribution is 2.31. The molecule has 0 saturated carbocycles. The number of carbonyl (C=O) groups excluding carboxylic acids is 1. The average molecular weight is 499 g/mol. The van der Waals surface area contributed by atoms with Crippen molar-refractivity contribution in [3.8, 4) is 17.1 Å². The van der Waals surface area contributed by atoms with Crippen LogP contribution in [-0.4, -0.2) is 26.4 Å². The van der Waals surface area contributed by atoms with Crippen molar-refractivity contribution in [1.29, 1.82) is 0 Å². The first-order chi connectivity index (χ1) is 17.0. The molecule has 3 aromatic carbocycles. The van der Waals surface area contributed by atoms with Gasteiger partial charge in [0, 0.05) is 16.9 Å². The normalized spacial score (nSPS) is 11.9. The van der Waals surface area contributed by atoms with Crippen molar-refractivity contribution in [2.45, 2.75) is 57.5 Å². The molecule has 1 amide bonds. The molecule has 1 heterocycles. The smallest absolute Gasteiger partial charge is 0.234 e. The van der Waals surface area contributed by atoms with E-state index in [4.69, 9.17) is 0 Å². The highest BCUT2D eigenvalue weighted by atomic mass is 32.2. The summed E-state index contributed by atoms with van der Waals surface area (Å²) in [6.07, 6.45) is 0. The minimum Gasteiger partial charge on any atom is -0.325 e. The van der Waals surface area contributed by atoms with Gasteiger partial charge in [0.25, 0.3) is 0 Å². The molecule has 0 aliphatic carbocycles. The van der Waals surface area contributed by atoms with Crippen molar-refractivity contribution < 1.29 is 4.79 Å². The van der Waals surface area contributed by atoms with Crippen LogP contribution in [0.15, 0.2) is 84.0 Å². The van der Waals surface area contributed by atoms with Crippen molar-refractivity contribution in [3.63, 3.8) is 0 Å². The highest BCUT2D eigenvalue weighted by molar-refractivity contribution is 7.99. The Hall–Kier alpha value is -3.38. The molecule has 4 aromatic rings. The lowest BCUT2D eigenvalue weighted by Gasteiger charge is -2.23. The number of rotatable bonds is 6. The van der Waals surface area contributed by atoms with Crippen LogP contribution >= 0.6 is 11.8 Å². The largest absolute Gasteiger partial charge is 0.325 e. The lowest BCUT2D eigenvalue weighted by Crippen LogP contribution is -2.20. The number of anilines is 1. The van der Waals surface area contributed by atoms with Crippen molar-refractivity contribution in [3.05, 3.63) is 90.0 Å². The maximum Gasteiger partial charge on any atom is 0.234 e. The number of nitrogens with one attached hydrogen (secondary N) is 1. The molecule has 0 atom stereocenters. The van der Waals surface area contributed by atoms with Crippen LogP contribution in [0.2, 0.25) is 0 Å². The first-order valence-electron chi connectivity index (χ1n) is 12.2. The molecule has 4 rings (SSSR count). The van der Waals surface area contributed by atoms with Gasteiger partial charge in [-0.1, -0.05) is 114 Å². The maximum atomic E-state index is 12.9. The molecule has 0 aliphatic heterocycles. The topological polar surface area (TPSA) is 59.8 Å². The maximum absolute atomic E-state index is 12.9. The number of carbonyl (C=O) groups is 1. The lowest BCUT2D eigenvalue weighted by molar-refractivity contribution is -0.113. The first-order valence-corrected chi connectivity index (χ1v) is 13.2. The summed E-state index contributed by atoms with van der Waals surface area (Å²) in [6.45, 7) is 13.0. The Morgan fingerprint density at radius 1 is 0.806 bits per heavy atom. The standard InChI is InChI=1S/C30H34N4OS/c1-29(2,3)22-18-16-21(17-19-22)27-32-33-28(34(27)23-12-8-7-9-13-23)36-20-26(35)31-25-15-11-10-14-24(25)30(4,5)6/h7-19H,20H2,1-6H3,(H,31,35). The van der Waals surface area contributed by atoms with Gasteiger partial charge in [0.05, 0.1) is 5.75 Å². The summed E-state index contributed by atoms with van der Waals surface area (Å²) in [7, 11) is 0. The Morgan fingerprint density at radius 3 is 2.08 bits per heavy atom. The predicted molar refractivity (Wildman–Crippen MR) is 150 cm³/mol. The van der Waals surface area contributed by atoms with Gasteiger partial charge in [-0.3, -0.25) is 9.36 Å². The zero-order chi connectivity index (χ0) is 25.9. The monoisotopic (exact) mass is 498 g/mol. The van der Waals surface area contributed by atoms with Crippen molar-refractivity contribution in [1.82, 2.24) is 14.8 Å². The SMILES string of the molecule is CC(C)(C)c1ccc(-c2nnc(SCC(=O)Nc3ccccc3C(C)(C)C)n2-c2ccccc2)cc1. The van der Waals surface area contributed by atoms with Crippen molar-refractivity contribution >= 4 is 23.4 Å². The molecule has 0 saturated heterocycles. The quantitative estimate of drug-likeness (QED) is 0.284. The van der Waals surface area contributed by atoms with E-state index in [1.807, 2.05) is 53.1 Å². The third-order valence-corrected chi connectivity index (χ3v) is 6.93. The molecular weight excluding hydrogens is 464 g/mol. The van der Waals surface area contributed by atoms with Crippen LogP contribution in [0, 0.1) is 0 Å².